The molecule has 2 amide bonds. The summed E-state index contributed by atoms with van der Waals surface area (Å²) >= 11 is 0. The van der Waals surface area contributed by atoms with Crippen LogP contribution in [-0.2, 0) is 6.18 Å². The summed E-state index contributed by atoms with van der Waals surface area (Å²) in [6, 6.07) is 3.41. The fourth-order valence-electron chi connectivity index (χ4n) is 3.45. The maximum atomic E-state index is 12.8. The predicted molar refractivity (Wildman–Crippen MR) is 98.6 cm³/mol. The van der Waals surface area contributed by atoms with Gasteiger partial charge in [-0.2, -0.15) is 13.2 Å². The Kier molecular flexibility index (Phi) is 5.53. The van der Waals surface area contributed by atoms with Gasteiger partial charge in [-0.15, -0.1) is 0 Å². The molecule has 1 saturated heterocycles. The van der Waals surface area contributed by atoms with Crippen molar-refractivity contribution in [3.05, 3.63) is 41.0 Å². The summed E-state index contributed by atoms with van der Waals surface area (Å²) in [7, 11) is 1.57. The number of piperidine rings is 1. The van der Waals surface area contributed by atoms with Crippen LogP contribution in [0, 0.1) is 13.8 Å². The minimum atomic E-state index is -4.46. The van der Waals surface area contributed by atoms with E-state index in [-0.39, 0.29) is 17.8 Å². The third kappa shape index (κ3) is 4.23. The number of imidazole rings is 1. The Morgan fingerprint density at radius 3 is 2.71 bits per heavy atom. The normalized spacial score (nSPS) is 17.5. The molecule has 1 aliphatic heterocycles. The fraction of sp³-hybridized carbons (Fsp3) is 0.474. The number of carbonyl (C=O) groups excluding carboxylic acids is 1. The Labute approximate surface area is 161 Å². The number of aromatic nitrogens is 2. The number of aryl methyl sites for hydroxylation is 2. The fourth-order valence-corrected chi connectivity index (χ4v) is 3.45. The Bertz CT molecular complexity index is 863. The lowest BCUT2D eigenvalue weighted by Gasteiger charge is -2.32. The first-order valence-electron chi connectivity index (χ1n) is 9.02. The summed E-state index contributed by atoms with van der Waals surface area (Å²) in [5.41, 5.74) is 1.65. The third-order valence-electron chi connectivity index (χ3n) is 4.98. The van der Waals surface area contributed by atoms with Gasteiger partial charge in [-0.25, -0.2) is 9.78 Å². The van der Waals surface area contributed by atoms with E-state index in [1.54, 1.807) is 18.1 Å². The lowest BCUT2D eigenvalue weighted by Crippen LogP contribution is -2.42. The Balaban J connectivity index is 1.70. The molecule has 6 nitrogen and oxygen atoms in total. The maximum absolute atomic E-state index is 12.8. The number of carbonyl (C=O) groups is 1. The molecule has 2 aromatic rings. The van der Waals surface area contributed by atoms with Gasteiger partial charge in [0.1, 0.15) is 17.3 Å². The molecule has 1 aliphatic rings. The van der Waals surface area contributed by atoms with Crippen LogP contribution in [0.15, 0.2) is 18.3 Å². The standard InChI is InChI=1S/C19H23F3N4O2/c1-11-7-12(2)15(28-3)8-14(11)24-18(27)26-6-4-5-13(10-26)17-23-9-16(25-17)19(20,21)22/h7-9,13H,4-6,10H2,1-3H3,(H,23,25)(H,24,27). The Morgan fingerprint density at radius 1 is 1.32 bits per heavy atom. The number of hydrogen-bond acceptors (Lipinski definition) is 3. The lowest BCUT2D eigenvalue weighted by atomic mass is 9.97. The highest BCUT2D eigenvalue weighted by Gasteiger charge is 2.35. The van der Waals surface area contributed by atoms with Crippen LogP contribution in [0.5, 0.6) is 5.75 Å². The van der Waals surface area contributed by atoms with E-state index in [2.05, 4.69) is 15.3 Å². The van der Waals surface area contributed by atoms with Crippen molar-refractivity contribution in [3.63, 3.8) is 0 Å². The number of alkyl halides is 3. The number of urea groups is 1. The first-order valence-corrected chi connectivity index (χ1v) is 9.02. The van der Waals surface area contributed by atoms with Crippen LogP contribution in [0.25, 0.3) is 0 Å². The minimum absolute atomic E-state index is 0.260. The number of hydrogen-bond donors (Lipinski definition) is 2. The van der Waals surface area contributed by atoms with E-state index in [9.17, 15) is 18.0 Å². The second kappa shape index (κ2) is 7.73. The van der Waals surface area contributed by atoms with Crippen molar-refractivity contribution in [1.82, 2.24) is 14.9 Å². The van der Waals surface area contributed by atoms with Crippen molar-refractivity contribution in [2.45, 2.75) is 38.8 Å². The molecule has 0 radical (unpaired) electrons. The van der Waals surface area contributed by atoms with Crippen molar-refractivity contribution >= 4 is 11.7 Å². The number of benzene rings is 1. The first-order chi connectivity index (χ1) is 13.2. The van der Waals surface area contributed by atoms with Crippen molar-refractivity contribution in [2.24, 2.45) is 0 Å². The number of H-pyrrole nitrogens is 1. The molecule has 2 heterocycles. The number of nitrogens with zero attached hydrogens (tertiary/aromatic N) is 2. The zero-order valence-electron chi connectivity index (χ0n) is 16.0. The van der Waals surface area contributed by atoms with Crippen LogP contribution in [0.3, 0.4) is 0 Å². The van der Waals surface area contributed by atoms with Gasteiger partial charge >= 0.3 is 12.2 Å². The molecular formula is C19H23F3N4O2. The van der Waals surface area contributed by atoms with Gasteiger partial charge < -0.3 is 19.9 Å². The summed E-state index contributed by atoms with van der Waals surface area (Å²) in [6.45, 7) is 4.66. The topological polar surface area (TPSA) is 70.2 Å². The molecule has 1 unspecified atom stereocenters. The molecule has 0 saturated carbocycles. The number of anilines is 1. The minimum Gasteiger partial charge on any atom is -0.496 e. The third-order valence-corrected chi connectivity index (χ3v) is 4.98. The molecule has 3 rings (SSSR count). The van der Waals surface area contributed by atoms with Gasteiger partial charge in [-0.05, 0) is 37.8 Å². The average Bonchev–Trinajstić information content (AvgIpc) is 3.14. The van der Waals surface area contributed by atoms with Crippen molar-refractivity contribution in [3.8, 4) is 5.75 Å². The second-order valence-corrected chi connectivity index (χ2v) is 7.03. The molecule has 1 aromatic heterocycles. The average molecular weight is 396 g/mol. The zero-order valence-corrected chi connectivity index (χ0v) is 16.0. The van der Waals surface area contributed by atoms with E-state index >= 15 is 0 Å². The first kappa shape index (κ1) is 20.0. The van der Waals surface area contributed by atoms with Gasteiger partial charge in [0.25, 0.3) is 0 Å². The van der Waals surface area contributed by atoms with E-state index in [0.717, 1.165) is 17.3 Å². The number of amides is 2. The van der Waals surface area contributed by atoms with Crippen molar-refractivity contribution in [2.75, 3.05) is 25.5 Å². The number of likely N-dealkylation sites (tertiary alicyclic amines) is 1. The quantitative estimate of drug-likeness (QED) is 0.805. The van der Waals surface area contributed by atoms with E-state index in [1.165, 1.54) is 0 Å². The smallest absolute Gasteiger partial charge is 0.432 e. The molecule has 1 aromatic carbocycles. The predicted octanol–water partition coefficient (Wildman–Crippen LogP) is 4.47. The van der Waals surface area contributed by atoms with Crippen LogP contribution in [-0.4, -0.2) is 41.1 Å². The van der Waals surface area contributed by atoms with Gasteiger partial charge in [0, 0.05) is 30.8 Å². The van der Waals surface area contributed by atoms with Gasteiger partial charge in [0.2, 0.25) is 0 Å². The van der Waals surface area contributed by atoms with Gasteiger partial charge in [-0.3, -0.25) is 0 Å². The van der Waals surface area contributed by atoms with Gasteiger partial charge in [0.15, 0.2) is 0 Å². The van der Waals surface area contributed by atoms with E-state index < -0.39 is 11.9 Å². The van der Waals surface area contributed by atoms with E-state index in [0.29, 0.717) is 37.4 Å². The molecule has 1 fully saturated rings. The van der Waals surface area contributed by atoms with Crippen LogP contribution in [0.2, 0.25) is 0 Å². The number of aromatic amines is 1. The van der Waals surface area contributed by atoms with Crippen LogP contribution in [0.1, 0.15) is 41.4 Å². The highest BCUT2D eigenvalue weighted by molar-refractivity contribution is 5.90. The highest BCUT2D eigenvalue weighted by atomic mass is 19.4. The molecule has 0 aliphatic carbocycles. The van der Waals surface area contributed by atoms with Gasteiger partial charge in [0.05, 0.1) is 13.3 Å². The maximum Gasteiger partial charge on any atom is 0.432 e. The second-order valence-electron chi connectivity index (χ2n) is 7.03. The number of rotatable bonds is 3. The highest BCUT2D eigenvalue weighted by Crippen LogP contribution is 2.31. The summed E-state index contributed by atoms with van der Waals surface area (Å²) in [5.74, 6) is 0.676. The number of ether oxygens (including phenoxy) is 1. The monoisotopic (exact) mass is 396 g/mol. The van der Waals surface area contributed by atoms with Crippen LogP contribution in [0.4, 0.5) is 23.7 Å². The number of nitrogens with one attached hydrogen (secondary N) is 2. The van der Waals surface area contributed by atoms with Crippen molar-refractivity contribution in [1.29, 1.82) is 0 Å². The van der Waals surface area contributed by atoms with Gasteiger partial charge in [-0.1, -0.05) is 6.07 Å². The largest absolute Gasteiger partial charge is 0.496 e. The summed E-state index contributed by atoms with van der Waals surface area (Å²) in [5, 5.41) is 2.88. The molecule has 28 heavy (non-hydrogen) atoms. The van der Waals surface area contributed by atoms with Crippen LogP contribution >= 0.6 is 0 Å². The van der Waals surface area contributed by atoms with E-state index in [1.807, 2.05) is 19.9 Å². The summed E-state index contributed by atoms with van der Waals surface area (Å²) in [6.07, 6.45) is -2.29. The Hall–Kier alpha value is -2.71. The molecule has 2 N–H and O–H groups in total. The zero-order chi connectivity index (χ0) is 20.5. The molecule has 0 bridgehead atoms. The Morgan fingerprint density at radius 2 is 2.07 bits per heavy atom. The van der Waals surface area contributed by atoms with E-state index in [4.69, 9.17) is 4.74 Å². The molecule has 0 spiro atoms. The molecule has 152 valence electrons. The summed E-state index contributed by atoms with van der Waals surface area (Å²) < 4.78 is 43.7. The van der Waals surface area contributed by atoms with Crippen LogP contribution < -0.4 is 10.1 Å². The van der Waals surface area contributed by atoms with Crippen molar-refractivity contribution < 1.29 is 22.7 Å². The summed E-state index contributed by atoms with van der Waals surface area (Å²) in [4.78, 5) is 20.5. The molecular weight excluding hydrogens is 373 g/mol. The number of halogens is 3. The molecule has 9 heteroatoms. The molecule has 1 atom stereocenters. The number of methoxy groups -OCH3 is 1. The lowest BCUT2D eigenvalue weighted by molar-refractivity contribution is -0.141. The SMILES string of the molecule is COc1cc(NC(=O)N2CCCC(c3ncc(C(F)(F)F)[nH]3)C2)c(C)cc1C.